The van der Waals surface area contributed by atoms with Crippen LogP contribution in [0, 0.1) is 12.8 Å². The Morgan fingerprint density at radius 3 is 2.92 bits per heavy atom. The number of hydrogen-bond donors (Lipinski definition) is 1. The van der Waals surface area contributed by atoms with Gasteiger partial charge in [0, 0.05) is 11.4 Å². The first-order valence-electron chi connectivity index (χ1n) is 4.40. The molecule has 0 bridgehead atoms. The molecule has 1 aliphatic carbocycles. The van der Waals surface area contributed by atoms with E-state index in [9.17, 15) is 4.79 Å². The highest BCUT2D eigenvalue weighted by Gasteiger charge is 2.34. The standard InChI is InChI=1S/C9H12N2OS/c1-5-3-8(5)10-9(12)7-4-13-11-6(7)2/h4-5,8H,3H2,1-2H3,(H,10,12)/t5-,8-/m1/s1. The summed E-state index contributed by atoms with van der Waals surface area (Å²) in [5.41, 5.74) is 1.56. The SMILES string of the molecule is Cc1nscc1C(=O)N[C@@H]1C[C@H]1C. The highest BCUT2D eigenvalue weighted by Crippen LogP contribution is 2.29. The molecule has 1 heterocycles. The molecule has 1 N–H and O–H groups in total. The van der Waals surface area contributed by atoms with E-state index < -0.39 is 0 Å². The molecular weight excluding hydrogens is 184 g/mol. The molecule has 1 fully saturated rings. The average molecular weight is 196 g/mol. The minimum Gasteiger partial charge on any atom is -0.349 e. The van der Waals surface area contributed by atoms with E-state index in [1.54, 1.807) is 5.38 Å². The van der Waals surface area contributed by atoms with Gasteiger partial charge in [0.25, 0.3) is 5.91 Å². The Hall–Kier alpha value is -0.900. The van der Waals surface area contributed by atoms with Crippen molar-refractivity contribution in [3.63, 3.8) is 0 Å². The summed E-state index contributed by atoms with van der Waals surface area (Å²) in [6.07, 6.45) is 1.11. The number of rotatable bonds is 2. The Morgan fingerprint density at radius 2 is 2.46 bits per heavy atom. The molecule has 1 amide bonds. The lowest BCUT2D eigenvalue weighted by molar-refractivity contribution is 0.0949. The van der Waals surface area contributed by atoms with Crippen molar-refractivity contribution in [1.82, 2.24) is 9.69 Å². The molecular formula is C9H12N2OS. The van der Waals surface area contributed by atoms with Crippen LogP contribution in [0.25, 0.3) is 0 Å². The molecule has 13 heavy (non-hydrogen) atoms. The zero-order chi connectivity index (χ0) is 9.42. The average Bonchev–Trinajstić information content (AvgIpc) is 2.62. The summed E-state index contributed by atoms with van der Waals surface area (Å²) in [7, 11) is 0. The van der Waals surface area contributed by atoms with Gasteiger partial charge in [0.05, 0.1) is 11.3 Å². The summed E-state index contributed by atoms with van der Waals surface area (Å²) in [6, 6.07) is 0.395. The second-order valence-corrected chi connectivity index (χ2v) is 4.24. The van der Waals surface area contributed by atoms with Gasteiger partial charge in [-0.1, -0.05) is 6.92 Å². The molecule has 1 aliphatic rings. The molecule has 70 valence electrons. The molecule has 3 nitrogen and oxygen atoms in total. The fraction of sp³-hybridized carbons (Fsp3) is 0.556. The summed E-state index contributed by atoms with van der Waals surface area (Å²) in [5.74, 6) is 0.677. The van der Waals surface area contributed by atoms with Crippen LogP contribution in [0.5, 0.6) is 0 Å². The van der Waals surface area contributed by atoms with Crippen molar-refractivity contribution in [3.8, 4) is 0 Å². The Bertz CT molecular complexity index is 334. The zero-order valence-corrected chi connectivity index (χ0v) is 8.52. The predicted molar refractivity (Wildman–Crippen MR) is 51.9 cm³/mol. The number of nitrogens with zero attached hydrogens (tertiary/aromatic N) is 1. The van der Waals surface area contributed by atoms with Crippen molar-refractivity contribution >= 4 is 17.4 Å². The van der Waals surface area contributed by atoms with Crippen LogP contribution in [0.1, 0.15) is 29.4 Å². The molecule has 2 atom stereocenters. The molecule has 0 spiro atoms. The molecule has 0 saturated heterocycles. The first-order valence-corrected chi connectivity index (χ1v) is 5.24. The second-order valence-electron chi connectivity index (χ2n) is 3.61. The van der Waals surface area contributed by atoms with Gasteiger partial charge in [-0.2, -0.15) is 4.37 Å². The lowest BCUT2D eigenvalue weighted by atomic mass is 10.2. The van der Waals surface area contributed by atoms with Gasteiger partial charge in [-0.15, -0.1) is 0 Å². The number of carbonyl (C=O) groups is 1. The molecule has 0 aromatic carbocycles. The lowest BCUT2D eigenvalue weighted by Gasteiger charge is -2.01. The van der Waals surface area contributed by atoms with Crippen LogP contribution in [0.15, 0.2) is 5.38 Å². The summed E-state index contributed by atoms with van der Waals surface area (Å²) in [5, 5.41) is 4.78. The molecule has 1 saturated carbocycles. The minimum absolute atomic E-state index is 0.0283. The summed E-state index contributed by atoms with van der Waals surface area (Å²) < 4.78 is 4.07. The number of carbonyl (C=O) groups excluding carboxylic acids is 1. The largest absolute Gasteiger partial charge is 0.349 e. The predicted octanol–water partition coefficient (Wildman–Crippen LogP) is 1.59. The van der Waals surface area contributed by atoms with E-state index in [0.29, 0.717) is 12.0 Å². The van der Waals surface area contributed by atoms with Crippen LogP contribution in [-0.2, 0) is 0 Å². The minimum atomic E-state index is 0.0283. The van der Waals surface area contributed by atoms with Crippen molar-refractivity contribution in [2.24, 2.45) is 5.92 Å². The number of amides is 1. The molecule has 0 radical (unpaired) electrons. The summed E-state index contributed by atoms with van der Waals surface area (Å²) in [4.78, 5) is 11.6. The van der Waals surface area contributed by atoms with E-state index >= 15 is 0 Å². The fourth-order valence-electron chi connectivity index (χ4n) is 1.28. The van der Waals surface area contributed by atoms with Crippen LogP contribution < -0.4 is 5.32 Å². The maximum Gasteiger partial charge on any atom is 0.254 e. The van der Waals surface area contributed by atoms with E-state index in [-0.39, 0.29) is 5.91 Å². The smallest absolute Gasteiger partial charge is 0.254 e. The molecule has 0 aliphatic heterocycles. The number of aryl methyl sites for hydroxylation is 1. The Labute approximate surface area is 81.3 Å². The van der Waals surface area contributed by atoms with Gasteiger partial charge in [-0.3, -0.25) is 4.79 Å². The third kappa shape index (κ3) is 1.72. The topological polar surface area (TPSA) is 42.0 Å². The highest BCUT2D eigenvalue weighted by molar-refractivity contribution is 7.03. The van der Waals surface area contributed by atoms with Gasteiger partial charge in [0.15, 0.2) is 0 Å². The first-order chi connectivity index (χ1) is 6.18. The summed E-state index contributed by atoms with van der Waals surface area (Å²) >= 11 is 1.33. The monoisotopic (exact) mass is 196 g/mol. The lowest BCUT2D eigenvalue weighted by Crippen LogP contribution is -2.26. The quantitative estimate of drug-likeness (QED) is 0.780. The van der Waals surface area contributed by atoms with Crippen LogP contribution in [0.4, 0.5) is 0 Å². The van der Waals surface area contributed by atoms with Crippen LogP contribution in [-0.4, -0.2) is 16.3 Å². The van der Waals surface area contributed by atoms with Gasteiger partial charge in [-0.05, 0) is 30.8 Å². The van der Waals surface area contributed by atoms with Crippen molar-refractivity contribution in [1.29, 1.82) is 0 Å². The third-order valence-electron chi connectivity index (χ3n) is 2.42. The van der Waals surface area contributed by atoms with E-state index in [1.807, 2.05) is 6.92 Å². The maximum atomic E-state index is 11.6. The second kappa shape index (κ2) is 3.10. The van der Waals surface area contributed by atoms with Crippen LogP contribution in [0.3, 0.4) is 0 Å². The van der Waals surface area contributed by atoms with E-state index in [2.05, 4.69) is 16.6 Å². The fourth-order valence-corrected chi connectivity index (χ4v) is 1.97. The molecule has 2 rings (SSSR count). The Morgan fingerprint density at radius 1 is 1.77 bits per heavy atom. The third-order valence-corrected chi connectivity index (χ3v) is 3.14. The van der Waals surface area contributed by atoms with Crippen molar-refractivity contribution in [3.05, 3.63) is 16.6 Å². The Balaban J connectivity index is 2.01. The van der Waals surface area contributed by atoms with Crippen LogP contribution in [0.2, 0.25) is 0 Å². The molecule has 0 unspecified atom stereocenters. The molecule has 1 aromatic rings. The van der Waals surface area contributed by atoms with Crippen molar-refractivity contribution in [2.45, 2.75) is 26.3 Å². The molecule has 1 aromatic heterocycles. The van der Waals surface area contributed by atoms with Gasteiger partial charge >= 0.3 is 0 Å². The van der Waals surface area contributed by atoms with Gasteiger partial charge < -0.3 is 5.32 Å². The van der Waals surface area contributed by atoms with E-state index in [4.69, 9.17) is 0 Å². The number of hydrogen-bond acceptors (Lipinski definition) is 3. The van der Waals surface area contributed by atoms with Gasteiger partial charge in [0.1, 0.15) is 0 Å². The molecule has 4 heteroatoms. The number of aromatic nitrogens is 1. The maximum absolute atomic E-state index is 11.6. The summed E-state index contributed by atoms with van der Waals surface area (Å²) in [6.45, 7) is 4.01. The first kappa shape index (κ1) is 8.69. The number of nitrogens with one attached hydrogen (secondary N) is 1. The normalized spacial score (nSPS) is 25.7. The van der Waals surface area contributed by atoms with E-state index in [0.717, 1.165) is 17.7 Å². The van der Waals surface area contributed by atoms with Gasteiger partial charge in [-0.25, -0.2) is 0 Å². The Kier molecular flexibility index (Phi) is 2.07. The van der Waals surface area contributed by atoms with Gasteiger partial charge in [0.2, 0.25) is 0 Å². The van der Waals surface area contributed by atoms with E-state index in [1.165, 1.54) is 11.5 Å². The van der Waals surface area contributed by atoms with Crippen molar-refractivity contribution in [2.75, 3.05) is 0 Å². The zero-order valence-electron chi connectivity index (χ0n) is 7.70. The van der Waals surface area contributed by atoms with Crippen molar-refractivity contribution < 1.29 is 4.79 Å². The highest BCUT2D eigenvalue weighted by atomic mass is 32.1. The van der Waals surface area contributed by atoms with Crippen LogP contribution >= 0.6 is 11.5 Å².